The fourth-order valence-corrected chi connectivity index (χ4v) is 5.85. The first-order chi connectivity index (χ1) is 15.7. The van der Waals surface area contributed by atoms with E-state index in [2.05, 4.69) is 10.3 Å². The Morgan fingerprint density at radius 1 is 1.21 bits per heavy atom. The summed E-state index contributed by atoms with van der Waals surface area (Å²) in [6.45, 7) is 5.75. The third kappa shape index (κ3) is 5.04. The number of rotatable bonds is 6. The molecule has 6 nitrogen and oxygen atoms in total. The van der Waals surface area contributed by atoms with Gasteiger partial charge in [0.05, 0.1) is 5.02 Å². The van der Waals surface area contributed by atoms with Gasteiger partial charge < -0.3 is 19.8 Å². The molecule has 33 heavy (non-hydrogen) atoms. The zero-order valence-electron chi connectivity index (χ0n) is 19.6. The Morgan fingerprint density at radius 3 is 2.61 bits per heavy atom. The lowest BCUT2D eigenvalue weighted by Crippen LogP contribution is -2.37. The van der Waals surface area contributed by atoms with Crippen LogP contribution in [-0.2, 0) is 6.54 Å². The number of ether oxygens (including phenoxy) is 2. The summed E-state index contributed by atoms with van der Waals surface area (Å²) < 4.78 is 12.5. The molecule has 1 aromatic carbocycles. The number of nitrogens with one attached hydrogen (secondary N) is 2. The number of aromatic amines is 1. The highest BCUT2D eigenvalue weighted by Gasteiger charge is 2.42. The van der Waals surface area contributed by atoms with E-state index in [0.29, 0.717) is 39.1 Å². The predicted molar refractivity (Wildman–Crippen MR) is 132 cm³/mol. The van der Waals surface area contributed by atoms with Gasteiger partial charge in [0.2, 0.25) is 5.79 Å². The maximum Gasteiger partial charge on any atom is 0.254 e. The maximum atomic E-state index is 13.1. The van der Waals surface area contributed by atoms with Crippen molar-refractivity contribution >= 4 is 29.3 Å². The van der Waals surface area contributed by atoms with Crippen molar-refractivity contribution in [3.05, 3.63) is 49.9 Å². The van der Waals surface area contributed by atoms with Crippen molar-refractivity contribution in [1.29, 1.82) is 0 Å². The summed E-state index contributed by atoms with van der Waals surface area (Å²) in [6.07, 6.45) is 8.88. The summed E-state index contributed by atoms with van der Waals surface area (Å²) >= 11 is 8.00. The van der Waals surface area contributed by atoms with Crippen LogP contribution in [0.25, 0.3) is 0 Å². The standard InChI is InChI=1S/C25H31ClN2O4S/c1-14-10-20(33-4)18(24(30)28-14)13-27-23(29)17-11-19(26)22-21(15(17)2)31-25(3,32-22)12-16-8-6-5-7-9-16/h10-11,16H,5-9,12-13H2,1-4H3,(H,27,29)(H,28,30)/t25-/m0/s1. The van der Waals surface area contributed by atoms with Crippen molar-refractivity contribution in [3.63, 3.8) is 0 Å². The van der Waals surface area contributed by atoms with E-state index in [1.54, 1.807) is 6.07 Å². The summed E-state index contributed by atoms with van der Waals surface area (Å²) in [5, 5.41) is 3.22. The summed E-state index contributed by atoms with van der Waals surface area (Å²) in [5.41, 5.74) is 2.22. The molecule has 1 fully saturated rings. The van der Waals surface area contributed by atoms with Gasteiger partial charge >= 0.3 is 0 Å². The molecular weight excluding hydrogens is 460 g/mol. The van der Waals surface area contributed by atoms with Gasteiger partial charge in [-0.1, -0.05) is 43.7 Å². The Morgan fingerprint density at radius 2 is 1.91 bits per heavy atom. The number of pyridine rings is 1. The average molecular weight is 491 g/mol. The Balaban J connectivity index is 1.52. The molecule has 1 aliphatic carbocycles. The number of benzene rings is 1. The van der Waals surface area contributed by atoms with Crippen LogP contribution in [-0.4, -0.2) is 22.9 Å². The quantitative estimate of drug-likeness (QED) is 0.503. The van der Waals surface area contributed by atoms with Crippen molar-refractivity contribution in [2.24, 2.45) is 5.92 Å². The lowest BCUT2D eigenvalue weighted by molar-refractivity contribution is -0.0826. The molecule has 0 unspecified atom stereocenters. The first-order valence-electron chi connectivity index (χ1n) is 11.5. The fraction of sp³-hybridized carbons (Fsp3) is 0.520. The lowest BCUT2D eigenvalue weighted by atomic mass is 9.85. The number of amides is 1. The van der Waals surface area contributed by atoms with Crippen molar-refractivity contribution in [1.82, 2.24) is 10.3 Å². The average Bonchev–Trinajstić information content (AvgIpc) is 3.13. The number of aryl methyl sites for hydroxylation is 1. The molecule has 0 radical (unpaired) electrons. The van der Waals surface area contributed by atoms with Gasteiger partial charge in [0, 0.05) is 47.2 Å². The van der Waals surface area contributed by atoms with Crippen LogP contribution in [0.15, 0.2) is 21.8 Å². The molecular formula is C25H31ClN2O4S. The number of fused-ring (bicyclic) bond motifs is 1. The molecule has 0 bridgehead atoms. The van der Waals surface area contributed by atoms with Gasteiger partial charge in [0.25, 0.3) is 11.5 Å². The van der Waals surface area contributed by atoms with Crippen LogP contribution in [0.3, 0.4) is 0 Å². The summed E-state index contributed by atoms with van der Waals surface area (Å²) in [4.78, 5) is 29.1. The van der Waals surface area contributed by atoms with Gasteiger partial charge in [-0.15, -0.1) is 11.8 Å². The molecule has 2 aromatic rings. The van der Waals surface area contributed by atoms with E-state index in [9.17, 15) is 9.59 Å². The Hall–Kier alpha value is -2.12. The minimum absolute atomic E-state index is 0.121. The lowest BCUT2D eigenvalue weighted by Gasteiger charge is -2.30. The molecule has 0 saturated heterocycles. The van der Waals surface area contributed by atoms with Gasteiger partial charge in [0.15, 0.2) is 11.5 Å². The Labute approximate surface area is 203 Å². The largest absolute Gasteiger partial charge is 0.448 e. The topological polar surface area (TPSA) is 80.4 Å². The first-order valence-corrected chi connectivity index (χ1v) is 13.1. The maximum absolute atomic E-state index is 13.1. The zero-order valence-corrected chi connectivity index (χ0v) is 21.2. The van der Waals surface area contributed by atoms with E-state index >= 15 is 0 Å². The molecule has 1 saturated carbocycles. The van der Waals surface area contributed by atoms with E-state index in [1.165, 1.54) is 43.9 Å². The second-order valence-corrected chi connectivity index (χ2v) is 10.5. The number of H-pyrrole nitrogens is 1. The number of carbonyl (C=O) groups excluding carboxylic acids is 1. The SMILES string of the molecule is CSc1cc(C)[nH]c(=O)c1CNC(=O)c1cc(Cl)c2c(c1C)O[C@](C)(CC1CCCCC1)O2. The van der Waals surface area contributed by atoms with E-state index in [4.69, 9.17) is 21.1 Å². The van der Waals surface area contributed by atoms with Crippen LogP contribution in [0.4, 0.5) is 0 Å². The van der Waals surface area contributed by atoms with Crippen LogP contribution in [0, 0.1) is 19.8 Å². The third-order valence-corrected chi connectivity index (χ3v) is 7.66. The van der Waals surface area contributed by atoms with Gasteiger partial charge in [-0.05, 0) is 38.2 Å². The second kappa shape index (κ2) is 9.63. The normalized spacial score (nSPS) is 20.2. The number of carbonyl (C=O) groups is 1. The number of thioether (sulfide) groups is 1. The van der Waals surface area contributed by atoms with Crippen LogP contribution in [0.1, 0.15) is 72.6 Å². The molecule has 1 amide bonds. The highest BCUT2D eigenvalue weighted by Crippen LogP contribution is 2.50. The molecule has 2 N–H and O–H groups in total. The molecule has 1 atom stereocenters. The van der Waals surface area contributed by atoms with Gasteiger partial charge in [-0.25, -0.2) is 0 Å². The molecule has 2 heterocycles. The van der Waals surface area contributed by atoms with Crippen molar-refractivity contribution in [2.75, 3.05) is 6.26 Å². The smallest absolute Gasteiger partial charge is 0.254 e. The molecule has 1 aliphatic heterocycles. The molecule has 178 valence electrons. The fourth-order valence-electron chi connectivity index (χ4n) is 4.91. The summed E-state index contributed by atoms with van der Waals surface area (Å²) in [5.74, 6) is 0.510. The minimum Gasteiger partial charge on any atom is -0.448 e. The Bertz CT molecular complexity index is 1130. The number of aromatic nitrogens is 1. The van der Waals surface area contributed by atoms with Crippen LogP contribution < -0.4 is 20.3 Å². The van der Waals surface area contributed by atoms with E-state index in [-0.39, 0.29) is 18.0 Å². The summed E-state index contributed by atoms with van der Waals surface area (Å²) in [7, 11) is 0. The van der Waals surface area contributed by atoms with Crippen molar-refractivity contribution < 1.29 is 14.3 Å². The molecule has 0 spiro atoms. The molecule has 1 aromatic heterocycles. The minimum atomic E-state index is -0.781. The van der Waals surface area contributed by atoms with Crippen LogP contribution in [0.2, 0.25) is 5.02 Å². The van der Waals surface area contributed by atoms with Crippen molar-refractivity contribution in [2.45, 2.75) is 76.5 Å². The number of hydrogen-bond acceptors (Lipinski definition) is 5. The highest BCUT2D eigenvalue weighted by molar-refractivity contribution is 7.98. The highest BCUT2D eigenvalue weighted by atomic mass is 35.5. The van der Waals surface area contributed by atoms with E-state index < -0.39 is 5.79 Å². The first kappa shape index (κ1) is 24.0. The van der Waals surface area contributed by atoms with E-state index in [0.717, 1.165) is 17.0 Å². The monoisotopic (exact) mass is 490 g/mol. The summed E-state index contributed by atoms with van der Waals surface area (Å²) in [6, 6.07) is 3.53. The molecule has 2 aliphatic rings. The van der Waals surface area contributed by atoms with Crippen LogP contribution in [0.5, 0.6) is 11.5 Å². The third-order valence-electron chi connectivity index (χ3n) is 6.58. The van der Waals surface area contributed by atoms with Gasteiger partial charge in [-0.2, -0.15) is 0 Å². The van der Waals surface area contributed by atoms with E-state index in [1.807, 2.05) is 33.1 Å². The second-order valence-electron chi connectivity index (χ2n) is 9.25. The predicted octanol–water partition coefficient (Wildman–Crippen LogP) is 5.75. The van der Waals surface area contributed by atoms with Gasteiger partial charge in [-0.3, -0.25) is 9.59 Å². The zero-order chi connectivity index (χ0) is 23.8. The van der Waals surface area contributed by atoms with Crippen molar-refractivity contribution in [3.8, 4) is 11.5 Å². The number of halogens is 1. The molecule has 4 rings (SSSR count). The van der Waals surface area contributed by atoms with Gasteiger partial charge in [0.1, 0.15) is 0 Å². The molecule has 8 heteroatoms. The number of hydrogen-bond donors (Lipinski definition) is 2. The van der Waals surface area contributed by atoms with Crippen LogP contribution >= 0.6 is 23.4 Å². The Kier molecular flexibility index (Phi) is 7.01.